The number of phenolic OH excluding ortho intramolecular Hbond substituents is 1. The second-order valence-corrected chi connectivity index (χ2v) is 9.63. The average Bonchev–Trinajstić information content (AvgIpc) is 2.89. The van der Waals surface area contributed by atoms with Crippen molar-refractivity contribution in [3.05, 3.63) is 82.8 Å². The number of esters is 1. The van der Waals surface area contributed by atoms with E-state index in [1.165, 1.54) is 6.07 Å². The number of halogens is 1. The molecule has 0 aliphatic heterocycles. The molecule has 1 amide bonds. The van der Waals surface area contributed by atoms with Gasteiger partial charge in [-0.2, -0.15) is 12.6 Å². The molecule has 0 aliphatic carbocycles. The van der Waals surface area contributed by atoms with Crippen molar-refractivity contribution in [1.82, 2.24) is 0 Å². The van der Waals surface area contributed by atoms with Crippen LogP contribution in [-0.2, 0) is 14.3 Å². The molecular weight excluding hydrogens is 566 g/mol. The summed E-state index contributed by atoms with van der Waals surface area (Å²) in [5.41, 5.74) is 0.886. The molecule has 190 valence electrons. The van der Waals surface area contributed by atoms with Crippen molar-refractivity contribution >= 4 is 58.1 Å². The van der Waals surface area contributed by atoms with Gasteiger partial charge in [0.1, 0.15) is 17.6 Å². The van der Waals surface area contributed by atoms with Crippen LogP contribution in [0, 0.1) is 0 Å². The molecular formula is C26H26BrNO6S2. The maximum Gasteiger partial charge on any atom is 0.412 e. The zero-order chi connectivity index (χ0) is 25.9. The van der Waals surface area contributed by atoms with E-state index in [2.05, 4.69) is 33.9 Å². The Kier molecular flexibility index (Phi) is 10.8. The van der Waals surface area contributed by atoms with Crippen LogP contribution in [0.1, 0.15) is 18.1 Å². The number of carbonyl (C=O) groups is 2. The van der Waals surface area contributed by atoms with Crippen LogP contribution in [0.5, 0.6) is 11.5 Å². The van der Waals surface area contributed by atoms with Gasteiger partial charge in [0.15, 0.2) is 6.10 Å². The molecule has 0 unspecified atom stereocenters. The zero-order valence-electron chi connectivity index (χ0n) is 19.4. The Labute approximate surface area is 228 Å². The van der Waals surface area contributed by atoms with E-state index in [-0.39, 0.29) is 24.5 Å². The monoisotopic (exact) mass is 591 g/mol. The molecule has 3 aromatic rings. The number of benzene rings is 3. The number of phenols is 1. The predicted molar refractivity (Wildman–Crippen MR) is 147 cm³/mol. The fraction of sp³-hybridized carbons (Fsp3) is 0.231. The SMILES string of the molecule is CSc1ccc(NC(=O)O[C@H](c2cc(Br)ccc2O)[C@@H](CCOC(=O)CS)Oc2ccccc2)cc1. The van der Waals surface area contributed by atoms with Crippen LogP contribution in [0.4, 0.5) is 10.5 Å². The number of rotatable bonds is 11. The van der Waals surface area contributed by atoms with E-state index in [4.69, 9.17) is 14.2 Å². The molecule has 36 heavy (non-hydrogen) atoms. The van der Waals surface area contributed by atoms with Crippen molar-refractivity contribution < 1.29 is 28.9 Å². The van der Waals surface area contributed by atoms with Crippen molar-refractivity contribution in [2.24, 2.45) is 0 Å². The number of hydrogen-bond acceptors (Lipinski definition) is 8. The number of ether oxygens (including phenoxy) is 3. The van der Waals surface area contributed by atoms with Gasteiger partial charge in [-0.1, -0.05) is 34.1 Å². The Hall–Kier alpha value is -2.82. The minimum absolute atomic E-state index is 0.00326. The summed E-state index contributed by atoms with van der Waals surface area (Å²) in [7, 11) is 0. The predicted octanol–water partition coefficient (Wildman–Crippen LogP) is 6.48. The number of amides is 1. The summed E-state index contributed by atoms with van der Waals surface area (Å²) in [4.78, 5) is 25.6. The molecule has 3 aromatic carbocycles. The van der Waals surface area contributed by atoms with Crippen molar-refractivity contribution in [3.63, 3.8) is 0 Å². The zero-order valence-corrected chi connectivity index (χ0v) is 22.7. The van der Waals surface area contributed by atoms with Gasteiger partial charge in [-0.3, -0.25) is 10.1 Å². The van der Waals surface area contributed by atoms with Gasteiger partial charge in [-0.05, 0) is 60.9 Å². The Morgan fingerprint density at radius 1 is 1.08 bits per heavy atom. The Morgan fingerprint density at radius 3 is 2.47 bits per heavy atom. The van der Waals surface area contributed by atoms with Gasteiger partial charge in [0.25, 0.3) is 0 Å². The maximum absolute atomic E-state index is 12.9. The van der Waals surface area contributed by atoms with Crippen LogP contribution >= 0.6 is 40.3 Å². The first-order valence-electron chi connectivity index (χ1n) is 11.0. The molecule has 0 saturated heterocycles. The van der Waals surface area contributed by atoms with Crippen LogP contribution in [0.25, 0.3) is 0 Å². The number of para-hydroxylation sites is 1. The minimum Gasteiger partial charge on any atom is -0.508 e. The van der Waals surface area contributed by atoms with E-state index in [9.17, 15) is 14.7 Å². The van der Waals surface area contributed by atoms with Crippen LogP contribution < -0.4 is 10.1 Å². The standard InChI is InChI=1S/C26H26BrNO6S2/c1-36-20-10-8-18(9-11-20)28-26(31)34-25(21-15-17(27)7-12-22(21)29)23(13-14-32-24(30)16-35)33-19-5-3-2-4-6-19/h2-12,15,23,25,29,35H,13-14,16H2,1H3,(H,28,31)/t23-,25-/m1/s1. The van der Waals surface area contributed by atoms with Gasteiger partial charge in [-0.15, -0.1) is 11.8 Å². The highest BCUT2D eigenvalue weighted by atomic mass is 79.9. The first kappa shape index (κ1) is 27.8. The number of thiol groups is 1. The Balaban J connectivity index is 1.89. The summed E-state index contributed by atoms with van der Waals surface area (Å²) in [6.45, 7) is 0.00326. The number of carbonyl (C=O) groups excluding carboxylic acids is 2. The van der Waals surface area contributed by atoms with Gasteiger partial charge in [0.05, 0.1) is 12.4 Å². The topological polar surface area (TPSA) is 94.1 Å². The highest BCUT2D eigenvalue weighted by molar-refractivity contribution is 9.10. The third-order valence-corrected chi connectivity index (χ3v) is 6.52. The third-order valence-electron chi connectivity index (χ3n) is 5.03. The number of hydrogen-bond donors (Lipinski definition) is 3. The number of nitrogens with one attached hydrogen (secondary N) is 1. The number of thioether (sulfide) groups is 1. The lowest BCUT2D eigenvalue weighted by Gasteiger charge is -2.29. The molecule has 0 saturated carbocycles. The molecule has 0 aliphatic rings. The largest absolute Gasteiger partial charge is 0.508 e. The maximum atomic E-state index is 12.9. The van der Waals surface area contributed by atoms with Crippen LogP contribution in [-0.4, -0.2) is 41.9 Å². The fourth-order valence-electron chi connectivity index (χ4n) is 3.31. The van der Waals surface area contributed by atoms with Gasteiger partial charge in [0.2, 0.25) is 0 Å². The summed E-state index contributed by atoms with van der Waals surface area (Å²) in [6.07, 6.45) is -0.425. The smallest absolute Gasteiger partial charge is 0.412 e. The van der Waals surface area contributed by atoms with E-state index in [1.54, 1.807) is 48.2 Å². The molecule has 2 N–H and O–H groups in total. The molecule has 7 nitrogen and oxygen atoms in total. The normalized spacial score (nSPS) is 12.3. The van der Waals surface area contributed by atoms with Crippen molar-refractivity contribution in [3.8, 4) is 11.5 Å². The Bertz CT molecular complexity index is 1150. The van der Waals surface area contributed by atoms with E-state index < -0.39 is 24.3 Å². The van der Waals surface area contributed by atoms with Gasteiger partial charge in [0, 0.05) is 27.0 Å². The van der Waals surface area contributed by atoms with Crippen LogP contribution in [0.2, 0.25) is 0 Å². The lowest BCUT2D eigenvalue weighted by atomic mass is 10.0. The van der Waals surface area contributed by atoms with E-state index in [0.29, 0.717) is 21.5 Å². The van der Waals surface area contributed by atoms with E-state index >= 15 is 0 Å². The van der Waals surface area contributed by atoms with Crippen LogP contribution in [0.3, 0.4) is 0 Å². The molecule has 0 fully saturated rings. The van der Waals surface area contributed by atoms with E-state index in [0.717, 1.165) is 4.90 Å². The van der Waals surface area contributed by atoms with Crippen LogP contribution in [0.15, 0.2) is 82.2 Å². The van der Waals surface area contributed by atoms with Crippen molar-refractivity contribution in [1.29, 1.82) is 0 Å². The summed E-state index contributed by atoms with van der Waals surface area (Å²) in [5, 5.41) is 13.4. The molecule has 10 heteroatoms. The molecule has 0 aromatic heterocycles. The first-order valence-corrected chi connectivity index (χ1v) is 13.6. The highest BCUT2D eigenvalue weighted by Gasteiger charge is 2.32. The summed E-state index contributed by atoms with van der Waals surface area (Å²) < 4.78 is 17.9. The quantitative estimate of drug-likeness (QED) is 0.133. The molecule has 0 spiro atoms. The van der Waals surface area contributed by atoms with Gasteiger partial charge in [-0.25, -0.2) is 4.79 Å². The Morgan fingerprint density at radius 2 is 1.81 bits per heavy atom. The van der Waals surface area contributed by atoms with E-state index in [1.807, 2.05) is 36.6 Å². The summed E-state index contributed by atoms with van der Waals surface area (Å²) in [6, 6.07) is 21.1. The molecule has 0 radical (unpaired) electrons. The van der Waals surface area contributed by atoms with Gasteiger partial charge >= 0.3 is 12.1 Å². The van der Waals surface area contributed by atoms with Crippen molar-refractivity contribution in [2.45, 2.75) is 23.5 Å². The van der Waals surface area contributed by atoms with Gasteiger partial charge < -0.3 is 19.3 Å². The highest BCUT2D eigenvalue weighted by Crippen LogP contribution is 2.35. The molecule has 2 atom stereocenters. The first-order chi connectivity index (χ1) is 17.4. The minimum atomic E-state index is -1.04. The summed E-state index contributed by atoms with van der Waals surface area (Å²) >= 11 is 8.92. The lowest BCUT2D eigenvalue weighted by Crippen LogP contribution is -2.32. The third kappa shape index (κ3) is 8.39. The number of anilines is 1. The lowest BCUT2D eigenvalue weighted by molar-refractivity contribution is -0.141. The summed E-state index contributed by atoms with van der Waals surface area (Å²) in [5.74, 6) is -0.0895. The molecule has 0 heterocycles. The second kappa shape index (κ2) is 14.1. The average molecular weight is 593 g/mol. The number of aromatic hydroxyl groups is 1. The van der Waals surface area contributed by atoms with Crippen molar-refractivity contribution in [2.75, 3.05) is 23.9 Å². The molecule has 0 bridgehead atoms. The second-order valence-electron chi connectivity index (χ2n) is 7.52. The fourth-order valence-corrected chi connectivity index (χ4v) is 4.19. The molecule has 3 rings (SSSR count).